The van der Waals surface area contributed by atoms with Gasteiger partial charge in [0.15, 0.2) is 0 Å². The fraction of sp³-hybridized carbons (Fsp3) is 0.357. The van der Waals surface area contributed by atoms with E-state index in [9.17, 15) is 14.4 Å². The van der Waals surface area contributed by atoms with E-state index in [4.69, 9.17) is 9.84 Å². The van der Waals surface area contributed by atoms with Crippen molar-refractivity contribution in [1.82, 2.24) is 0 Å². The molecule has 0 saturated carbocycles. The molecule has 0 aromatic heterocycles. The molecule has 0 atom stereocenters. The molecule has 0 aliphatic heterocycles. The van der Waals surface area contributed by atoms with Crippen molar-refractivity contribution in [2.75, 3.05) is 4.90 Å². The highest BCUT2D eigenvalue weighted by Crippen LogP contribution is 2.19. The molecule has 2 amide bonds. The summed E-state index contributed by atoms with van der Waals surface area (Å²) < 4.78 is 5.14. The molecule has 0 radical (unpaired) electrons. The molecular formula is C14H17NO5. The number of rotatable bonds is 2. The SMILES string of the molecule is CC(=O)N(C(=O)OC(C)(C)C)c1ccc(C(=O)O)cc1. The average Bonchev–Trinajstić information content (AvgIpc) is 2.26. The van der Waals surface area contributed by atoms with Gasteiger partial charge in [0, 0.05) is 6.92 Å². The van der Waals surface area contributed by atoms with Gasteiger partial charge >= 0.3 is 12.1 Å². The van der Waals surface area contributed by atoms with E-state index in [2.05, 4.69) is 0 Å². The van der Waals surface area contributed by atoms with Gasteiger partial charge in [0.2, 0.25) is 5.91 Å². The number of anilines is 1. The minimum atomic E-state index is -1.08. The van der Waals surface area contributed by atoms with Crippen molar-refractivity contribution >= 4 is 23.7 Å². The monoisotopic (exact) mass is 279 g/mol. The Bertz CT molecular complexity index is 527. The summed E-state index contributed by atoms with van der Waals surface area (Å²) >= 11 is 0. The molecule has 1 N–H and O–H groups in total. The van der Waals surface area contributed by atoms with Gasteiger partial charge < -0.3 is 9.84 Å². The molecule has 0 heterocycles. The van der Waals surface area contributed by atoms with E-state index in [-0.39, 0.29) is 11.3 Å². The Morgan fingerprint density at radius 2 is 1.60 bits per heavy atom. The van der Waals surface area contributed by atoms with Crippen molar-refractivity contribution < 1.29 is 24.2 Å². The molecule has 1 aromatic rings. The second-order valence-corrected chi connectivity index (χ2v) is 5.19. The van der Waals surface area contributed by atoms with Gasteiger partial charge in [-0.25, -0.2) is 14.5 Å². The molecule has 0 aliphatic carbocycles. The first-order chi connectivity index (χ1) is 9.11. The highest BCUT2D eigenvalue weighted by atomic mass is 16.6. The number of nitrogens with zero attached hydrogens (tertiary/aromatic N) is 1. The van der Waals surface area contributed by atoms with Gasteiger partial charge in [-0.05, 0) is 45.0 Å². The van der Waals surface area contributed by atoms with Gasteiger partial charge in [0.25, 0.3) is 0 Å². The van der Waals surface area contributed by atoms with Crippen LogP contribution in [0.3, 0.4) is 0 Å². The molecule has 0 spiro atoms. The molecule has 20 heavy (non-hydrogen) atoms. The second-order valence-electron chi connectivity index (χ2n) is 5.19. The number of aromatic carboxylic acids is 1. The third kappa shape index (κ3) is 4.08. The van der Waals surface area contributed by atoms with Crippen LogP contribution >= 0.6 is 0 Å². The van der Waals surface area contributed by atoms with Crippen LogP contribution in [0.2, 0.25) is 0 Å². The van der Waals surface area contributed by atoms with Gasteiger partial charge in [-0.15, -0.1) is 0 Å². The van der Waals surface area contributed by atoms with E-state index in [0.717, 1.165) is 4.90 Å². The quantitative estimate of drug-likeness (QED) is 0.899. The normalized spacial score (nSPS) is 10.8. The number of ether oxygens (including phenoxy) is 1. The van der Waals surface area contributed by atoms with Crippen molar-refractivity contribution in [3.8, 4) is 0 Å². The largest absolute Gasteiger partial charge is 0.478 e. The van der Waals surface area contributed by atoms with Crippen LogP contribution < -0.4 is 4.90 Å². The zero-order chi connectivity index (χ0) is 15.5. The van der Waals surface area contributed by atoms with Crippen LogP contribution in [0.5, 0.6) is 0 Å². The van der Waals surface area contributed by atoms with Crippen LogP contribution in [-0.4, -0.2) is 28.7 Å². The van der Waals surface area contributed by atoms with E-state index in [1.165, 1.54) is 31.2 Å². The molecule has 108 valence electrons. The van der Waals surface area contributed by atoms with Gasteiger partial charge in [-0.1, -0.05) is 0 Å². The molecule has 0 unspecified atom stereocenters. The van der Waals surface area contributed by atoms with Crippen LogP contribution in [0.25, 0.3) is 0 Å². The van der Waals surface area contributed by atoms with Crippen LogP contribution in [0.15, 0.2) is 24.3 Å². The zero-order valence-electron chi connectivity index (χ0n) is 11.8. The summed E-state index contributed by atoms with van der Waals surface area (Å²) in [5, 5.41) is 8.81. The van der Waals surface area contributed by atoms with Crippen molar-refractivity contribution in [2.45, 2.75) is 33.3 Å². The van der Waals surface area contributed by atoms with E-state index < -0.39 is 23.6 Å². The lowest BCUT2D eigenvalue weighted by Crippen LogP contribution is -2.39. The van der Waals surface area contributed by atoms with Crippen LogP contribution in [0.1, 0.15) is 38.1 Å². The molecule has 6 nitrogen and oxygen atoms in total. The van der Waals surface area contributed by atoms with Crippen molar-refractivity contribution in [3.05, 3.63) is 29.8 Å². The Balaban J connectivity index is 3.05. The Labute approximate surface area is 117 Å². The smallest absolute Gasteiger partial charge is 0.421 e. The molecule has 0 aliphatic rings. The average molecular weight is 279 g/mol. The Kier molecular flexibility index (Phi) is 4.49. The predicted octanol–water partition coefficient (Wildman–Crippen LogP) is 2.67. The lowest BCUT2D eigenvalue weighted by molar-refractivity contribution is -0.116. The summed E-state index contributed by atoms with van der Waals surface area (Å²) in [6.45, 7) is 6.30. The number of hydrogen-bond donors (Lipinski definition) is 1. The number of carbonyl (C=O) groups excluding carboxylic acids is 2. The fourth-order valence-electron chi connectivity index (χ4n) is 1.48. The topological polar surface area (TPSA) is 83.9 Å². The highest BCUT2D eigenvalue weighted by Gasteiger charge is 2.26. The molecular weight excluding hydrogens is 262 g/mol. The summed E-state index contributed by atoms with van der Waals surface area (Å²) in [5.41, 5.74) is -0.399. The second kappa shape index (κ2) is 5.73. The van der Waals surface area contributed by atoms with E-state index in [1.807, 2.05) is 0 Å². The Morgan fingerprint density at radius 1 is 1.10 bits per heavy atom. The van der Waals surface area contributed by atoms with Crippen LogP contribution in [0.4, 0.5) is 10.5 Å². The van der Waals surface area contributed by atoms with Gasteiger partial charge in [-0.3, -0.25) is 4.79 Å². The van der Waals surface area contributed by atoms with Gasteiger partial charge in [0.1, 0.15) is 5.60 Å². The number of amides is 2. The summed E-state index contributed by atoms with van der Waals surface area (Å²) in [6, 6.07) is 5.40. The summed E-state index contributed by atoms with van der Waals surface area (Å²) in [5.74, 6) is -1.59. The lowest BCUT2D eigenvalue weighted by Gasteiger charge is -2.25. The third-order valence-electron chi connectivity index (χ3n) is 2.26. The first kappa shape index (κ1) is 15.7. The molecule has 0 bridgehead atoms. The molecule has 6 heteroatoms. The van der Waals surface area contributed by atoms with Crippen molar-refractivity contribution in [3.63, 3.8) is 0 Å². The van der Waals surface area contributed by atoms with E-state index in [1.54, 1.807) is 20.8 Å². The summed E-state index contributed by atoms with van der Waals surface area (Å²) in [7, 11) is 0. The van der Waals surface area contributed by atoms with E-state index >= 15 is 0 Å². The van der Waals surface area contributed by atoms with Crippen LogP contribution in [0, 0.1) is 0 Å². The maximum Gasteiger partial charge on any atom is 0.421 e. The van der Waals surface area contributed by atoms with E-state index in [0.29, 0.717) is 0 Å². The maximum atomic E-state index is 12.0. The number of carbonyl (C=O) groups is 3. The number of carboxylic acids is 1. The molecule has 0 saturated heterocycles. The fourth-order valence-corrected chi connectivity index (χ4v) is 1.48. The van der Waals surface area contributed by atoms with Crippen LogP contribution in [-0.2, 0) is 9.53 Å². The predicted molar refractivity (Wildman–Crippen MR) is 72.8 cm³/mol. The third-order valence-corrected chi connectivity index (χ3v) is 2.26. The van der Waals surface area contributed by atoms with Crippen molar-refractivity contribution in [1.29, 1.82) is 0 Å². The Hall–Kier alpha value is -2.37. The molecule has 1 rings (SSSR count). The minimum absolute atomic E-state index is 0.0708. The van der Waals surface area contributed by atoms with Crippen molar-refractivity contribution in [2.24, 2.45) is 0 Å². The standard InChI is InChI=1S/C14H17NO5/c1-9(16)15(13(19)20-14(2,3)4)11-7-5-10(6-8-11)12(17)18/h5-8H,1-4H3,(H,17,18). The van der Waals surface area contributed by atoms with Gasteiger partial charge in [-0.2, -0.15) is 0 Å². The lowest BCUT2D eigenvalue weighted by atomic mass is 10.2. The minimum Gasteiger partial charge on any atom is -0.478 e. The first-order valence-corrected chi connectivity index (χ1v) is 5.99. The number of imide groups is 1. The summed E-state index contributed by atoms with van der Waals surface area (Å²) in [4.78, 5) is 35.2. The number of benzene rings is 1. The number of hydrogen-bond acceptors (Lipinski definition) is 4. The zero-order valence-corrected chi connectivity index (χ0v) is 11.8. The highest BCUT2D eigenvalue weighted by molar-refractivity contribution is 6.11. The molecule has 1 aromatic carbocycles. The van der Waals surface area contributed by atoms with Gasteiger partial charge in [0.05, 0.1) is 11.3 Å². The maximum absolute atomic E-state index is 12.0. The molecule has 0 fully saturated rings. The Morgan fingerprint density at radius 3 is 1.95 bits per heavy atom. The number of carboxylic acid groups (broad SMARTS) is 1. The first-order valence-electron chi connectivity index (χ1n) is 5.99. The summed E-state index contributed by atoms with van der Waals surface area (Å²) in [6.07, 6.45) is -0.798.